The van der Waals surface area contributed by atoms with E-state index in [2.05, 4.69) is 19.2 Å². The Balaban J connectivity index is 1.91. The molecule has 29 heavy (non-hydrogen) atoms. The van der Waals surface area contributed by atoms with Crippen molar-refractivity contribution in [2.45, 2.75) is 26.2 Å². The standard InChI is InChI=1S/C22H27NO6/c1-14(2)16-6-8-17(9-7-16)23-20(24)13-29-21(25)12-15-10-18(26-3)22(28-5)19(11-15)27-4/h6-11,14H,12-13H2,1-5H3,(H,23,24). The molecule has 0 fully saturated rings. The monoisotopic (exact) mass is 401 g/mol. The third-order valence-electron chi connectivity index (χ3n) is 4.30. The van der Waals surface area contributed by atoms with Gasteiger partial charge in [-0.05, 0) is 41.3 Å². The molecule has 156 valence electrons. The van der Waals surface area contributed by atoms with Crippen molar-refractivity contribution in [2.75, 3.05) is 33.3 Å². The molecule has 0 atom stereocenters. The Morgan fingerprint density at radius 3 is 2.00 bits per heavy atom. The molecule has 1 N–H and O–H groups in total. The van der Waals surface area contributed by atoms with Gasteiger partial charge < -0.3 is 24.3 Å². The molecule has 0 heterocycles. The molecule has 0 aromatic heterocycles. The highest BCUT2D eigenvalue weighted by Gasteiger charge is 2.16. The van der Waals surface area contributed by atoms with Crippen LogP contribution in [-0.2, 0) is 20.7 Å². The Labute approximate surface area is 170 Å². The van der Waals surface area contributed by atoms with Gasteiger partial charge in [-0.15, -0.1) is 0 Å². The van der Waals surface area contributed by atoms with Gasteiger partial charge in [-0.3, -0.25) is 9.59 Å². The molecule has 0 saturated carbocycles. The molecule has 7 heteroatoms. The fraction of sp³-hybridized carbons (Fsp3) is 0.364. The lowest BCUT2D eigenvalue weighted by atomic mass is 10.0. The van der Waals surface area contributed by atoms with E-state index in [9.17, 15) is 9.59 Å². The second kappa shape index (κ2) is 10.4. The highest BCUT2D eigenvalue weighted by Crippen LogP contribution is 2.38. The van der Waals surface area contributed by atoms with Gasteiger partial charge >= 0.3 is 5.97 Å². The first-order chi connectivity index (χ1) is 13.9. The first kappa shape index (κ1) is 22.1. The van der Waals surface area contributed by atoms with Crippen LogP contribution >= 0.6 is 0 Å². The third kappa shape index (κ3) is 6.14. The van der Waals surface area contributed by atoms with Crippen LogP contribution in [0.15, 0.2) is 36.4 Å². The zero-order valence-electron chi connectivity index (χ0n) is 17.4. The van der Waals surface area contributed by atoms with Gasteiger partial charge in [0, 0.05) is 5.69 Å². The van der Waals surface area contributed by atoms with Crippen LogP contribution < -0.4 is 19.5 Å². The topological polar surface area (TPSA) is 83.1 Å². The van der Waals surface area contributed by atoms with Crippen LogP contribution in [0, 0.1) is 0 Å². The number of carbonyl (C=O) groups excluding carboxylic acids is 2. The van der Waals surface area contributed by atoms with E-state index in [-0.39, 0.29) is 13.0 Å². The number of hydrogen-bond acceptors (Lipinski definition) is 6. The number of rotatable bonds is 9. The average Bonchev–Trinajstić information content (AvgIpc) is 2.71. The van der Waals surface area contributed by atoms with Gasteiger partial charge in [0.1, 0.15) is 0 Å². The highest BCUT2D eigenvalue weighted by atomic mass is 16.5. The normalized spacial score (nSPS) is 10.4. The molecule has 2 aromatic rings. The van der Waals surface area contributed by atoms with E-state index in [4.69, 9.17) is 18.9 Å². The minimum absolute atomic E-state index is 0.0346. The zero-order valence-corrected chi connectivity index (χ0v) is 17.4. The van der Waals surface area contributed by atoms with Crippen molar-refractivity contribution >= 4 is 17.6 Å². The first-order valence-corrected chi connectivity index (χ1v) is 9.22. The summed E-state index contributed by atoms with van der Waals surface area (Å²) in [6.45, 7) is 3.83. The number of ether oxygens (including phenoxy) is 4. The maximum absolute atomic E-state index is 12.1. The molecule has 0 spiro atoms. The largest absolute Gasteiger partial charge is 0.493 e. The predicted octanol–water partition coefficient (Wildman–Crippen LogP) is 3.56. The fourth-order valence-corrected chi connectivity index (χ4v) is 2.75. The van der Waals surface area contributed by atoms with Crippen LogP contribution in [0.25, 0.3) is 0 Å². The Bertz CT molecular complexity index is 820. The molecule has 0 aliphatic carbocycles. The summed E-state index contributed by atoms with van der Waals surface area (Å²) in [6, 6.07) is 10.9. The van der Waals surface area contributed by atoms with Crippen LogP contribution in [0.5, 0.6) is 17.2 Å². The fourth-order valence-electron chi connectivity index (χ4n) is 2.75. The summed E-state index contributed by atoms with van der Waals surface area (Å²) in [5, 5.41) is 2.71. The number of amides is 1. The van der Waals surface area contributed by atoms with Crippen LogP contribution in [0.4, 0.5) is 5.69 Å². The summed E-state index contributed by atoms with van der Waals surface area (Å²) in [6.07, 6.45) is -0.0346. The number of benzene rings is 2. The summed E-state index contributed by atoms with van der Waals surface area (Å²) in [5.41, 5.74) is 2.45. The summed E-state index contributed by atoms with van der Waals surface area (Å²) in [4.78, 5) is 24.2. The molecule has 2 rings (SSSR count). The van der Waals surface area contributed by atoms with E-state index < -0.39 is 11.9 Å². The smallest absolute Gasteiger partial charge is 0.310 e. The minimum atomic E-state index is -0.537. The van der Waals surface area contributed by atoms with Gasteiger partial charge in [-0.25, -0.2) is 0 Å². The van der Waals surface area contributed by atoms with E-state index in [0.29, 0.717) is 34.4 Å². The van der Waals surface area contributed by atoms with Crippen molar-refractivity contribution in [1.82, 2.24) is 0 Å². The van der Waals surface area contributed by atoms with Crippen molar-refractivity contribution in [1.29, 1.82) is 0 Å². The van der Waals surface area contributed by atoms with Crippen molar-refractivity contribution in [2.24, 2.45) is 0 Å². The number of nitrogens with one attached hydrogen (secondary N) is 1. The molecule has 2 aromatic carbocycles. The van der Waals surface area contributed by atoms with Gasteiger partial charge in [0.2, 0.25) is 5.75 Å². The summed E-state index contributed by atoms with van der Waals surface area (Å²) >= 11 is 0. The molecule has 0 unspecified atom stereocenters. The molecule has 0 aliphatic heterocycles. The summed E-state index contributed by atoms with van der Waals surface area (Å²) in [5.74, 6) is 0.797. The molecule has 7 nitrogen and oxygen atoms in total. The SMILES string of the molecule is COc1cc(CC(=O)OCC(=O)Nc2ccc(C(C)C)cc2)cc(OC)c1OC. The van der Waals surface area contributed by atoms with Crippen LogP contribution in [0.2, 0.25) is 0 Å². The van der Waals surface area contributed by atoms with Gasteiger partial charge in [0.15, 0.2) is 18.1 Å². The van der Waals surface area contributed by atoms with Crippen LogP contribution in [0.3, 0.4) is 0 Å². The minimum Gasteiger partial charge on any atom is -0.493 e. The lowest BCUT2D eigenvalue weighted by Gasteiger charge is -2.14. The Morgan fingerprint density at radius 1 is 0.931 bits per heavy atom. The quantitative estimate of drug-likeness (QED) is 0.647. The molecule has 1 amide bonds. The molecule has 0 radical (unpaired) electrons. The number of carbonyl (C=O) groups is 2. The number of esters is 1. The lowest BCUT2D eigenvalue weighted by Crippen LogP contribution is -2.21. The number of hydrogen-bond donors (Lipinski definition) is 1. The predicted molar refractivity (Wildman–Crippen MR) is 110 cm³/mol. The van der Waals surface area contributed by atoms with Crippen molar-refractivity contribution < 1.29 is 28.5 Å². The number of methoxy groups -OCH3 is 3. The van der Waals surface area contributed by atoms with E-state index in [1.54, 1.807) is 12.1 Å². The first-order valence-electron chi connectivity index (χ1n) is 9.22. The van der Waals surface area contributed by atoms with Crippen LogP contribution in [-0.4, -0.2) is 39.8 Å². The van der Waals surface area contributed by atoms with E-state index in [1.165, 1.54) is 26.9 Å². The lowest BCUT2D eigenvalue weighted by molar-refractivity contribution is -0.146. The van der Waals surface area contributed by atoms with Gasteiger partial charge in [-0.2, -0.15) is 0 Å². The zero-order chi connectivity index (χ0) is 21.4. The average molecular weight is 401 g/mol. The van der Waals surface area contributed by atoms with Gasteiger partial charge in [0.05, 0.1) is 27.8 Å². The molecular weight excluding hydrogens is 374 g/mol. The Morgan fingerprint density at radius 2 is 1.52 bits per heavy atom. The Kier molecular flexibility index (Phi) is 7.88. The second-order valence-corrected chi connectivity index (χ2v) is 6.70. The van der Waals surface area contributed by atoms with E-state index >= 15 is 0 Å². The molecule has 0 saturated heterocycles. The van der Waals surface area contributed by atoms with Gasteiger partial charge in [-0.1, -0.05) is 26.0 Å². The van der Waals surface area contributed by atoms with Crippen molar-refractivity contribution in [3.63, 3.8) is 0 Å². The maximum Gasteiger partial charge on any atom is 0.310 e. The summed E-state index contributed by atoms with van der Waals surface area (Å²) in [7, 11) is 4.50. The maximum atomic E-state index is 12.1. The Hall–Kier alpha value is -3.22. The molecular formula is C22H27NO6. The highest BCUT2D eigenvalue weighted by molar-refractivity contribution is 5.92. The van der Waals surface area contributed by atoms with Crippen molar-refractivity contribution in [3.05, 3.63) is 47.5 Å². The van der Waals surface area contributed by atoms with Gasteiger partial charge in [0.25, 0.3) is 5.91 Å². The third-order valence-corrected chi connectivity index (χ3v) is 4.30. The second-order valence-electron chi connectivity index (χ2n) is 6.70. The van der Waals surface area contributed by atoms with E-state index in [1.807, 2.05) is 24.3 Å². The number of anilines is 1. The summed E-state index contributed by atoms with van der Waals surface area (Å²) < 4.78 is 20.9. The van der Waals surface area contributed by atoms with Crippen molar-refractivity contribution in [3.8, 4) is 17.2 Å². The molecule has 0 aliphatic rings. The van der Waals surface area contributed by atoms with Crippen LogP contribution in [0.1, 0.15) is 30.9 Å². The van der Waals surface area contributed by atoms with E-state index in [0.717, 1.165) is 0 Å². The molecule has 0 bridgehead atoms.